The smallest absolute Gasteiger partial charge is 0.399 e. The highest BCUT2D eigenvalue weighted by molar-refractivity contribution is 6.24. The maximum Gasteiger partial charge on any atom is 0.416 e. The topological polar surface area (TPSA) is 192 Å². The zero-order valence-electron chi connectivity index (χ0n) is 23.7. The molecular weight excluding hydrogens is 547 g/mol. The number of allylic oxidation sites excluding steroid dienone is 1. The number of nitrogens with two attached hydrogens (primary N) is 4. The van der Waals surface area contributed by atoms with Crippen LogP contribution < -0.4 is 22.9 Å². The molecule has 0 saturated heterocycles. The Kier molecular flexibility index (Phi) is 6.23. The molecule has 0 saturated carbocycles. The van der Waals surface area contributed by atoms with Gasteiger partial charge < -0.3 is 28.0 Å². The highest BCUT2D eigenvalue weighted by Gasteiger charge is 2.68. The Bertz CT molecular complexity index is 1640. The fourth-order valence-electron chi connectivity index (χ4n) is 7.77. The van der Waals surface area contributed by atoms with Crippen LogP contribution in [0.5, 0.6) is 0 Å². The van der Waals surface area contributed by atoms with Gasteiger partial charge in [-0.15, -0.1) is 0 Å². The summed E-state index contributed by atoms with van der Waals surface area (Å²) < 4.78 is 39.7. The van der Waals surface area contributed by atoms with Gasteiger partial charge >= 0.3 is 6.18 Å². The zero-order chi connectivity index (χ0) is 31.3. The number of likely N-dealkylation sites (N-methyl/N-ethyl adjacent to an activating group) is 1. The maximum absolute atomic E-state index is 13.7. The van der Waals surface area contributed by atoms with Crippen LogP contribution >= 0.6 is 0 Å². The Balaban J connectivity index is 1.78. The van der Waals surface area contributed by atoms with Crippen molar-refractivity contribution in [2.45, 2.75) is 44.5 Å². The molecule has 11 N–H and O–H groups in total. The number of hydrogen-bond acceptors (Lipinski definition) is 8. The van der Waals surface area contributed by atoms with Crippen molar-refractivity contribution >= 4 is 23.0 Å². The van der Waals surface area contributed by atoms with Crippen LogP contribution in [0.25, 0.3) is 11.1 Å². The number of hydrogen-bond donors (Lipinski definition) is 7. The number of nitrogens with zero attached hydrogens (tertiary/aromatic N) is 1. The van der Waals surface area contributed by atoms with Gasteiger partial charge in [-0.1, -0.05) is 32.0 Å². The average molecular weight is 582 g/mol. The van der Waals surface area contributed by atoms with E-state index in [1.54, 1.807) is 38.1 Å². The molecule has 0 bridgehead atoms. The first kappa shape index (κ1) is 29.3. The van der Waals surface area contributed by atoms with Gasteiger partial charge in [-0.25, -0.2) is 0 Å². The van der Waals surface area contributed by atoms with Crippen molar-refractivity contribution < 1.29 is 23.1 Å². The molecule has 2 aromatic carbocycles. The molecule has 0 radical (unpaired) electrons. The number of nitrogens with one attached hydrogen (secondary N) is 2. The van der Waals surface area contributed by atoms with Gasteiger partial charge in [0.25, 0.3) is 0 Å². The van der Waals surface area contributed by atoms with Crippen molar-refractivity contribution in [1.29, 1.82) is 10.8 Å². The normalized spacial score (nSPS) is 29.4. The van der Waals surface area contributed by atoms with Gasteiger partial charge in [0.1, 0.15) is 5.84 Å². The second kappa shape index (κ2) is 8.92. The van der Waals surface area contributed by atoms with Gasteiger partial charge in [-0.05, 0) is 61.8 Å². The Labute approximate surface area is 241 Å². The number of anilines is 1. The summed E-state index contributed by atoms with van der Waals surface area (Å²) in [7, 11) is 3.35. The number of carbonyl (C=O) groups is 1. The molecule has 5 rings (SSSR count). The van der Waals surface area contributed by atoms with Gasteiger partial charge in [0.15, 0.2) is 11.4 Å². The van der Waals surface area contributed by atoms with Crippen LogP contribution in [0.3, 0.4) is 0 Å². The summed E-state index contributed by atoms with van der Waals surface area (Å²) >= 11 is 0. The molecule has 0 fully saturated rings. The molecule has 12 heteroatoms. The summed E-state index contributed by atoms with van der Waals surface area (Å²) in [6, 6.07) is 7.13. The minimum atomic E-state index is -4.49. The van der Waals surface area contributed by atoms with E-state index in [-0.39, 0.29) is 41.2 Å². The maximum atomic E-state index is 13.7. The van der Waals surface area contributed by atoms with Crippen molar-refractivity contribution in [3.63, 3.8) is 0 Å². The van der Waals surface area contributed by atoms with Crippen LogP contribution in [-0.2, 0) is 17.4 Å². The largest absolute Gasteiger partial charge is 0.416 e. The molecule has 0 aromatic heterocycles. The summed E-state index contributed by atoms with van der Waals surface area (Å²) in [4.78, 5) is 15.4. The standard InChI is InChI=1S/C30H34F3N7O2/c1-27-11-16-15(13-5-7-14(8-6-13)30(31,32)33)9-10-17(34)18(16)21(35)20(27)24(37)29(42)23(36)19(26(38)39)22(41)25(40(3)4)28(29,2)12-27/h5-10,25,35,42H,11-12,34,36-37H2,1-4H3,(H3,38,39)/t25-,27+,28+,29-/m1/s1. The SMILES string of the molecule is CN(C)[C@@H]1C(=O)C(C(=N)N)=C(N)[C@@]2(O)C(N)=C3C(=N)c4c(N)ccc(-c5ccc(C(F)(F)F)cc5)c4C[C@@]3(C)C[C@@]12C. The second-order valence-corrected chi connectivity index (χ2v) is 12.3. The fraction of sp³-hybridized carbons (Fsp3) is 0.367. The van der Waals surface area contributed by atoms with Crippen molar-refractivity contribution in [1.82, 2.24) is 4.90 Å². The average Bonchev–Trinajstić information content (AvgIpc) is 2.85. The number of benzene rings is 2. The number of aliphatic hydroxyl groups is 1. The number of rotatable bonds is 3. The number of alkyl halides is 3. The minimum absolute atomic E-state index is 0.0477. The monoisotopic (exact) mass is 581 g/mol. The summed E-state index contributed by atoms with van der Waals surface area (Å²) in [5.74, 6) is -1.11. The Morgan fingerprint density at radius 2 is 1.64 bits per heavy atom. The molecular formula is C30H34F3N7O2. The molecule has 4 atom stereocenters. The molecule has 42 heavy (non-hydrogen) atoms. The van der Waals surface area contributed by atoms with E-state index in [0.717, 1.165) is 12.1 Å². The third-order valence-electron chi connectivity index (χ3n) is 9.33. The lowest BCUT2D eigenvalue weighted by atomic mass is 9.46. The molecule has 0 amide bonds. The predicted octanol–water partition coefficient (Wildman–Crippen LogP) is 2.90. The molecule has 3 aliphatic rings. The Morgan fingerprint density at radius 3 is 2.17 bits per heavy atom. The third kappa shape index (κ3) is 3.67. The van der Waals surface area contributed by atoms with E-state index in [4.69, 9.17) is 28.3 Å². The van der Waals surface area contributed by atoms with Crippen LogP contribution in [-0.4, -0.2) is 53.1 Å². The summed E-state index contributed by atoms with van der Waals surface area (Å²) in [5, 5.41) is 29.8. The van der Waals surface area contributed by atoms with Gasteiger partial charge in [0.2, 0.25) is 0 Å². The zero-order valence-corrected chi connectivity index (χ0v) is 23.7. The van der Waals surface area contributed by atoms with Crippen LogP contribution in [0.2, 0.25) is 0 Å². The van der Waals surface area contributed by atoms with Gasteiger partial charge in [-0.2, -0.15) is 13.2 Å². The first-order valence-corrected chi connectivity index (χ1v) is 13.3. The molecule has 0 heterocycles. The number of nitrogen functional groups attached to an aromatic ring is 1. The number of fused-ring (bicyclic) bond motifs is 3. The van der Waals surface area contributed by atoms with Crippen LogP contribution in [0.4, 0.5) is 18.9 Å². The van der Waals surface area contributed by atoms with E-state index in [2.05, 4.69) is 0 Å². The number of amidine groups is 1. The Hall–Kier alpha value is -4.16. The molecule has 0 spiro atoms. The number of halogens is 3. The summed E-state index contributed by atoms with van der Waals surface area (Å²) in [6.45, 7) is 3.60. The van der Waals surface area contributed by atoms with Gasteiger partial charge in [0, 0.05) is 27.7 Å². The molecule has 0 unspecified atom stereocenters. The lowest BCUT2D eigenvalue weighted by Gasteiger charge is -2.61. The molecule has 9 nitrogen and oxygen atoms in total. The first-order chi connectivity index (χ1) is 19.3. The van der Waals surface area contributed by atoms with Gasteiger partial charge in [0.05, 0.1) is 34.3 Å². The molecule has 0 aliphatic heterocycles. The lowest BCUT2D eigenvalue weighted by molar-refractivity contribution is -0.142. The number of Topliss-reactive ketones (excluding diaryl/α,β-unsaturated/α-hetero) is 1. The van der Waals surface area contributed by atoms with Gasteiger partial charge in [-0.3, -0.25) is 20.5 Å². The molecule has 2 aromatic rings. The predicted molar refractivity (Wildman–Crippen MR) is 154 cm³/mol. The van der Waals surface area contributed by atoms with Crippen molar-refractivity contribution in [2.75, 3.05) is 19.8 Å². The lowest BCUT2D eigenvalue weighted by Crippen LogP contribution is -2.71. The summed E-state index contributed by atoms with van der Waals surface area (Å²) in [5.41, 5.74) is 22.2. The van der Waals surface area contributed by atoms with Crippen molar-refractivity contribution in [2.24, 2.45) is 28.0 Å². The van der Waals surface area contributed by atoms with E-state index >= 15 is 0 Å². The van der Waals surface area contributed by atoms with Crippen molar-refractivity contribution in [3.8, 4) is 11.1 Å². The second-order valence-electron chi connectivity index (χ2n) is 12.3. The van der Waals surface area contributed by atoms with E-state index < -0.39 is 45.8 Å². The minimum Gasteiger partial charge on any atom is -0.399 e. The quantitative estimate of drug-likeness (QED) is 0.165. The third-order valence-corrected chi connectivity index (χ3v) is 9.33. The number of carbonyl (C=O) groups excluding carboxylic acids is 1. The first-order valence-electron chi connectivity index (χ1n) is 13.3. The van der Waals surface area contributed by atoms with Crippen LogP contribution in [0, 0.1) is 21.6 Å². The highest BCUT2D eigenvalue weighted by Crippen LogP contribution is 2.62. The van der Waals surface area contributed by atoms with Crippen LogP contribution in [0.15, 0.2) is 58.9 Å². The van der Waals surface area contributed by atoms with E-state index in [1.807, 2.05) is 6.92 Å². The molecule has 3 aliphatic carbocycles. The van der Waals surface area contributed by atoms with Crippen molar-refractivity contribution in [3.05, 3.63) is 75.6 Å². The summed E-state index contributed by atoms with van der Waals surface area (Å²) in [6.07, 6.45) is -4.07. The highest BCUT2D eigenvalue weighted by atomic mass is 19.4. The van der Waals surface area contributed by atoms with E-state index in [9.17, 15) is 28.5 Å². The number of ketones is 1. The fourth-order valence-corrected chi connectivity index (χ4v) is 7.77. The van der Waals surface area contributed by atoms with E-state index in [0.29, 0.717) is 27.8 Å². The Morgan fingerprint density at radius 1 is 1.05 bits per heavy atom. The van der Waals surface area contributed by atoms with Crippen LogP contribution in [0.1, 0.15) is 37.0 Å². The van der Waals surface area contributed by atoms with E-state index in [1.165, 1.54) is 12.1 Å². The molecule has 222 valence electrons.